The van der Waals surface area contributed by atoms with Crippen LogP contribution < -0.4 is 5.32 Å². The van der Waals surface area contributed by atoms with E-state index in [2.05, 4.69) is 32.9 Å². The molecule has 11 heteroatoms. The molecule has 2 aliphatic heterocycles. The Kier molecular flexibility index (Phi) is 9.88. The Hall–Kier alpha value is -4.12. The molecule has 0 saturated carbocycles. The number of carbonyl (C=O) groups is 4. The Bertz CT molecular complexity index is 1680. The van der Waals surface area contributed by atoms with Crippen molar-refractivity contribution in [2.24, 2.45) is 4.99 Å². The fourth-order valence-electron chi connectivity index (χ4n) is 6.19. The van der Waals surface area contributed by atoms with Gasteiger partial charge in [-0.1, -0.05) is 6.92 Å². The van der Waals surface area contributed by atoms with Crippen molar-refractivity contribution >= 4 is 48.2 Å². The molecule has 2 aliphatic rings. The lowest BCUT2D eigenvalue weighted by atomic mass is 9.97. The van der Waals surface area contributed by atoms with E-state index in [0.29, 0.717) is 54.7 Å². The summed E-state index contributed by atoms with van der Waals surface area (Å²) in [6, 6.07) is 0. The lowest BCUT2D eigenvalue weighted by Gasteiger charge is -2.09. The van der Waals surface area contributed by atoms with Crippen LogP contribution in [0, 0.1) is 13.8 Å². The summed E-state index contributed by atoms with van der Waals surface area (Å²) < 4.78 is 0. The van der Waals surface area contributed by atoms with E-state index in [4.69, 9.17) is 0 Å². The highest BCUT2D eigenvalue weighted by Crippen LogP contribution is 2.32. The van der Waals surface area contributed by atoms with Gasteiger partial charge in [-0.05, 0) is 93.4 Å². The summed E-state index contributed by atoms with van der Waals surface area (Å²) >= 11 is 4.57. The summed E-state index contributed by atoms with van der Waals surface area (Å²) in [5.74, 6) is -2.20. The molecule has 1 atom stereocenters. The molecule has 44 heavy (non-hydrogen) atoms. The number of carboxylic acids is 2. The summed E-state index contributed by atoms with van der Waals surface area (Å²) in [6.45, 7) is 11.4. The number of rotatable bonds is 13. The molecule has 4 heterocycles. The van der Waals surface area contributed by atoms with Crippen LogP contribution in [0.5, 0.6) is 0 Å². The first-order chi connectivity index (χ1) is 20.7. The molecule has 0 fully saturated rings. The van der Waals surface area contributed by atoms with Gasteiger partial charge >= 0.3 is 11.9 Å². The summed E-state index contributed by atoms with van der Waals surface area (Å²) in [7, 11) is 0. The molecule has 0 aromatic carbocycles. The first-order valence-corrected chi connectivity index (χ1v) is 15.3. The van der Waals surface area contributed by atoms with Crippen molar-refractivity contribution in [3.63, 3.8) is 0 Å². The molecule has 4 rings (SSSR count). The van der Waals surface area contributed by atoms with Crippen molar-refractivity contribution in [1.82, 2.24) is 15.3 Å². The number of aromatic amines is 2. The van der Waals surface area contributed by atoms with Crippen molar-refractivity contribution in [2.45, 2.75) is 91.7 Å². The highest BCUT2D eigenvalue weighted by atomic mass is 32.1. The number of carboxylic acid groups (broad SMARTS) is 2. The zero-order chi connectivity index (χ0) is 32.5. The van der Waals surface area contributed by atoms with E-state index in [1.54, 1.807) is 6.92 Å². The highest BCUT2D eigenvalue weighted by Gasteiger charge is 2.28. The van der Waals surface area contributed by atoms with E-state index in [9.17, 15) is 29.4 Å². The van der Waals surface area contributed by atoms with Crippen LogP contribution in [0.1, 0.15) is 92.0 Å². The summed E-state index contributed by atoms with van der Waals surface area (Å²) in [5.41, 5.74) is 11.2. The van der Waals surface area contributed by atoms with Gasteiger partial charge in [0.25, 0.3) is 11.8 Å². The van der Waals surface area contributed by atoms with Crippen LogP contribution in [0.4, 0.5) is 0 Å². The third kappa shape index (κ3) is 6.67. The van der Waals surface area contributed by atoms with E-state index in [-0.39, 0.29) is 29.9 Å². The number of thiol groups is 1. The second-order valence-electron chi connectivity index (χ2n) is 11.5. The van der Waals surface area contributed by atoms with Crippen molar-refractivity contribution < 1.29 is 29.4 Å². The maximum atomic E-state index is 12.4. The van der Waals surface area contributed by atoms with Crippen LogP contribution in [0.15, 0.2) is 33.0 Å². The van der Waals surface area contributed by atoms with Crippen molar-refractivity contribution in [3.8, 4) is 0 Å². The quantitative estimate of drug-likeness (QED) is 0.174. The van der Waals surface area contributed by atoms with E-state index in [1.807, 2.05) is 40.7 Å². The van der Waals surface area contributed by atoms with Gasteiger partial charge < -0.3 is 25.5 Å². The highest BCUT2D eigenvalue weighted by molar-refractivity contribution is 7.81. The number of amides is 2. The molecule has 2 aromatic heterocycles. The SMILES string of the molecule is CCC1=C(C)C(Cc2[nH]c(Cc3[nH]c(/C=C4\NC(=O)C(C)=C4[C@@H](C)S)c(C)c3CCC(=O)O)c(CCC(=O)O)c2C)=NC1=O. The average Bonchev–Trinajstić information content (AvgIpc) is 3.59. The fraction of sp³-hybridized carbons (Fsp3) is 0.424. The normalized spacial score (nSPS) is 16.8. The zero-order valence-electron chi connectivity index (χ0n) is 26.0. The van der Waals surface area contributed by atoms with E-state index >= 15 is 0 Å². The van der Waals surface area contributed by atoms with E-state index in [0.717, 1.165) is 56.2 Å². The van der Waals surface area contributed by atoms with Gasteiger partial charge in [0.15, 0.2) is 0 Å². The molecule has 2 amide bonds. The molecule has 234 valence electrons. The van der Waals surface area contributed by atoms with E-state index < -0.39 is 11.9 Å². The molecular weight excluding hydrogens is 580 g/mol. The van der Waals surface area contributed by atoms with Crippen LogP contribution in [0.3, 0.4) is 0 Å². The van der Waals surface area contributed by atoms with Gasteiger partial charge in [0.1, 0.15) is 0 Å². The monoisotopic (exact) mass is 620 g/mol. The first kappa shape index (κ1) is 32.8. The molecule has 0 spiro atoms. The van der Waals surface area contributed by atoms with Gasteiger partial charge in [0, 0.05) is 70.6 Å². The third-order valence-electron chi connectivity index (χ3n) is 8.68. The topological polar surface area (TPSA) is 165 Å². The predicted molar refractivity (Wildman–Crippen MR) is 172 cm³/mol. The number of aromatic nitrogens is 2. The van der Waals surface area contributed by atoms with Crippen molar-refractivity contribution in [1.29, 1.82) is 0 Å². The molecule has 2 aromatic rings. The number of allylic oxidation sites excluding steroid dienone is 2. The van der Waals surface area contributed by atoms with Crippen molar-refractivity contribution in [3.05, 3.63) is 73.0 Å². The van der Waals surface area contributed by atoms with Gasteiger partial charge in [-0.15, -0.1) is 0 Å². The number of hydrogen-bond donors (Lipinski definition) is 6. The van der Waals surface area contributed by atoms with Crippen LogP contribution in [0.25, 0.3) is 6.08 Å². The fourth-order valence-corrected chi connectivity index (χ4v) is 6.52. The minimum Gasteiger partial charge on any atom is -0.481 e. The zero-order valence-corrected chi connectivity index (χ0v) is 26.9. The van der Waals surface area contributed by atoms with Crippen LogP contribution >= 0.6 is 12.6 Å². The lowest BCUT2D eigenvalue weighted by Crippen LogP contribution is -2.16. The number of nitrogens with zero attached hydrogens (tertiary/aromatic N) is 1. The maximum absolute atomic E-state index is 12.4. The standard InChI is InChI=1S/C33H40N4O6S/c1-7-20-15(2)25(36-33(20)43)12-23-16(3)21(8-10-29(38)39)26(34-23)14-27-22(9-11-30(40)41)17(4)24(35-27)13-28-31(19(6)44)18(5)32(42)37-28/h13,19,34-35,44H,7-12,14H2,1-6H3,(H,37,42)(H,38,39)(H,40,41)/b28-13-/t19-/m1/s1. The molecule has 10 nitrogen and oxygen atoms in total. The smallest absolute Gasteiger partial charge is 0.303 e. The first-order valence-electron chi connectivity index (χ1n) is 14.8. The van der Waals surface area contributed by atoms with E-state index in [1.165, 1.54) is 0 Å². The molecule has 0 radical (unpaired) electrons. The minimum absolute atomic E-state index is 0.0491. The molecule has 0 unspecified atom stereocenters. The molecule has 0 saturated heterocycles. The van der Waals surface area contributed by atoms with Gasteiger partial charge in [0.05, 0.1) is 5.71 Å². The average molecular weight is 621 g/mol. The van der Waals surface area contributed by atoms with Gasteiger partial charge in [-0.25, -0.2) is 4.99 Å². The van der Waals surface area contributed by atoms with Gasteiger partial charge in [-0.2, -0.15) is 12.6 Å². The van der Waals surface area contributed by atoms with Gasteiger partial charge in [0.2, 0.25) is 0 Å². The van der Waals surface area contributed by atoms with Gasteiger partial charge in [-0.3, -0.25) is 19.2 Å². The third-order valence-corrected chi connectivity index (χ3v) is 8.93. The van der Waals surface area contributed by atoms with Crippen LogP contribution in [-0.4, -0.2) is 54.9 Å². The summed E-state index contributed by atoms with van der Waals surface area (Å²) in [6.07, 6.45) is 3.77. The lowest BCUT2D eigenvalue weighted by molar-refractivity contribution is -0.138. The number of H-pyrrole nitrogens is 2. The number of aliphatic carboxylic acids is 2. The molecule has 0 bridgehead atoms. The Balaban J connectivity index is 1.77. The number of carbonyl (C=O) groups excluding carboxylic acids is 2. The summed E-state index contributed by atoms with van der Waals surface area (Å²) in [4.78, 5) is 59.2. The Morgan fingerprint density at radius 1 is 0.886 bits per heavy atom. The molecular formula is C33H40N4O6S. The van der Waals surface area contributed by atoms with Crippen LogP contribution in [0.2, 0.25) is 0 Å². The van der Waals surface area contributed by atoms with Crippen molar-refractivity contribution in [2.75, 3.05) is 0 Å². The maximum Gasteiger partial charge on any atom is 0.303 e. The second-order valence-corrected chi connectivity index (χ2v) is 12.3. The number of hydrogen-bond acceptors (Lipinski definition) is 5. The Morgan fingerprint density at radius 3 is 2.02 bits per heavy atom. The second kappa shape index (κ2) is 13.3. The summed E-state index contributed by atoms with van der Waals surface area (Å²) in [5, 5.41) is 21.7. The van der Waals surface area contributed by atoms with Crippen LogP contribution in [-0.2, 0) is 44.9 Å². The molecule has 5 N–H and O–H groups in total. The Labute approximate surface area is 262 Å². The minimum atomic E-state index is -0.911. The molecule has 0 aliphatic carbocycles. The Morgan fingerprint density at radius 2 is 1.48 bits per heavy atom. The number of nitrogens with one attached hydrogen (secondary N) is 3. The number of aliphatic imine (C=N–C) groups is 1. The largest absolute Gasteiger partial charge is 0.481 e. The predicted octanol–water partition coefficient (Wildman–Crippen LogP) is 4.94.